The molecule has 0 radical (unpaired) electrons. The summed E-state index contributed by atoms with van der Waals surface area (Å²) in [5, 5.41) is 14.2. The Morgan fingerprint density at radius 1 is 1.26 bits per heavy atom. The van der Waals surface area contributed by atoms with E-state index in [1.54, 1.807) is 24.3 Å². The zero-order valence-corrected chi connectivity index (χ0v) is 13.2. The highest BCUT2D eigenvalue weighted by Gasteiger charge is 2.19. The van der Waals surface area contributed by atoms with Crippen LogP contribution in [0.25, 0.3) is 10.8 Å². The lowest BCUT2D eigenvalue weighted by Gasteiger charge is -2.20. The number of carboxylic acid groups (broad SMARTS) is 1. The number of carbonyl (C=O) groups is 2. The monoisotopic (exact) mass is 317 g/mol. The number of rotatable bonds is 6. The maximum atomic E-state index is 12.4. The summed E-state index contributed by atoms with van der Waals surface area (Å²) in [5.74, 6) is -1.37. The number of amides is 1. The van der Waals surface area contributed by atoms with E-state index in [0.717, 1.165) is 0 Å². The van der Waals surface area contributed by atoms with E-state index in [9.17, 15) is 14.4 Å². The maximum Gasteiger partial charge on any atom is 0.323 e. The van der Waals surface area contributed by atoms with Gasteiger partial charge in [0, 0.05) is 19.0 Å². The highest BCUT2D eigenvalue weighted by molar-refractivity contribution is 5.89. The van der Waals surface area contributed by atoms with Gasteiger partial charge in [0.1, 0.15) is 6.54 Å². The van der Waals surface area contributed by atoms with E-state index in [0.29, 0.717) is 29.4 Å². The summed E-state index contributed by atoms with van der Waals surface area (Å²) in [4.78, 5) is 36.7. The number of carboxylic acids is 1. The van der Waals surface area contributed by atoms with Crippen LogP contribution < -0.4 is 5.56 Å². The number of aryl methyl sites for hydroxylation is 1. The van der Waals surface area contributed by atoms with Crippen LogP contribution in [-0.2, 0) is 23.1 Å². The summed E-state index contributed by atoms with van der Waals surface area (Å²) in [6.45, 7) is 1.91. The van der Waals surface area contributed by atoms with Gasteiger partial charge in [0.25, 0.3) is 5.56 Å². The molecule has 2 rings (SSSR count). The zero-order chi connectivity index (χ0) is 17.0. The molecular formula is C16H19N3O4. The lowest BCUT2D eigenvalue weighted by molar-refractivity contribution is -0.144. The molecule has 0 aliphatic heterocycles. The van der Waals surface area contributed by atoms with E-state index in [4.69, 9.17) is 5.11 Å². The Morgan fingerprint density at radius 3 is 2.52 bits per heavy atom. The topological polar surface area (TPSA) is 92.5 Å². The van der Waals surface area contributed by atoms with Gasteiger partial charge in [-0.25, -0.2) is 4.68 Å². The lowest BCUT2D eigenvalue weighted by Crippen LogP contribution is -2.37. The van der Waals surface area contributed by atoms with Crippen molar-refractivity contribution >= 4 is 22.6 Å². The van der Waals surface area contributed by atoms with Gasteiger partial charge in [0.15, 0.2) is 0 Å². The van der Waals surface area contributed by atoms with Crippen molar-refractivity contribution in [3.05, 3.63) is 40.3 Å². The van der Waals surface area contributed by atoms with Crippen LogP contribution in [0.3, 0.4) is 0 Å². The molecule has 0 aliphatic carbocycles. The first-order chi connectivity index (χ1) is 10.9. The maximum absolute atomic E-state index is 12.4. The molecule has 1 aromatic heterocycles. The first kappa shape index (κ1) is 16.7. The molecule has 122 valence electrons. The number of aromatic nitrogens is 2. The molecule has 0 unspecified atom stereocenters. The Balaban J connectivity index is 2.37. The average Bonchev–Trinajstić information content (AvgIpc) is 2.51. The van der Waals surface area contributed by atoms with Gasteiger partial charge >= 0.3 is 5.97 Å². The van der Waals surface area contributed by atoms with Gasteiger partial charge < -0.3 is 10.0 Å². The molecule has 1 aromatic carbocycles. The first-order valence-corrected chi connectivity index (χ1v) is 7.38. The largest absolute Gasteiger partial charge is 0.480 e. The molecule has 1 N–H and O–H groups in total. The Bertz CT molecular complexity index is 798. The minimum absolute atomic E-state index is 0.0398. The number of aliphatic carboxylic acids is 1. The molecule has 2 aromatic rings. The van der Waals surface area contributed by atoms with Crippen molar-refractivity contribution in [1.82, 2.24) is 14.7 Å². The molecule has 1 amide bonds. The normalized spacial score (nSPS) is 10.7. The van der Waals surface area contributed by atoms with Gasteiger partial charge in [-0.3, -0.25) is 14.4 Å². The predicted octanol–water partition coefficient (Wildman–Crippen LogP) is 0.799. The number of fused-ring (bicyclic) bond motifs is 1. The van der Waals surface area contributed by atoms with Crippen molar-refractivity contribution in [1.29, 1.82) is 0 Å². The van der Waals surface area contributed by atoms with Crippen LogP contribution >= 0.6 is 0 Å². The summed E-state index contributed by atoms with van der Waals surface area (Å²) in [7, 11) is 1.53. The van der Waals surface area contributed by atoms with Crippen molar-refractivity contribution in [3.63, 3.8) is 0 Å². The number of hydrogen-bond acceptors (Lipinski definition) is 4. The lowest BCUT2D eigenvalue weighted by atomic mass is 10.1. The van der Waals surface area contributed by atoms with E-state index in [-0.39, 0.29) is 24.4 Å². The number of carbonyl (C=O) groups excluding carboxylic acids is 1. The molecular weight excluding hydrogens is 298 g/mol. The van der Waals surface area contributed by atoms with Crippen LogP contribution in [-0.4, -0.2) is 44.8 Å². The third kappa shape index (κ3) is 3.74. The molecule has 0 fully saturated rings. The second kappa shape index (κ2) is 7.04. The van der Waals surface area contributed by atoms with Crippen molar-refractivity contribution < 1.29 is 14.7 Å². The summed E-state index contributed by atoms with van der Waals surface area (Å²) in [5.41, 5.74) is 0.243. The van der Waals surface area contributed by atoms with Gasteiger partial charge in [-0.1, -0.05) is 25.1 Å². The molecule has 7 nitrogen and oxygen atoms in total. The molecule has 0 saturated heterocycles. The van der Waals surface area contributed by atoms with E-state index < -0.39 is 5.97 Å². The van der Waals surface area contributed by atoms with Gasteiger partial charge in [-0.05, 0) is 12.5 Å². The van der Waals surface area contributed by atoms with Crippen molar-refractivity contribution in [2.45, 2.75) is 19.8 Å². The van der Waals surface area contributed by atoms with Gasteiger partial charge in [0.2, 0.25) is 5.91 Å². The Morgan fingerprint density at radius 2 is 1.91 bits per heavy atom. The number of nitrogens with zero attached hydrogens (tertiary/aromatic N) is 3. The Hall–Kier alpha value is -2.70. The van der Waals surface area contributed by atoms with Gasteiger partial charge in [-0.15, -0.1) is 0 Å². The van der Waals surface area contributed by atoms with Crippen molar-refractivity contribution in [2.75, 3.05) is 13.1 Å². The van der Waals surface area contributed by atoms with Crippen LogP contribution in [0, 0.1) is 0 Å². The van der Waals surface area contributed by atoms with Crippen molar-refractivity contribution in [3.8, 4) is 0 Å². The predicted molar refractivity (Wildman–Crippen MR) is 85.2 cm³/mol. The molecule has 0 bridgehead atoms. The molecule has 1 heterocycles. The number of hydrogen-bond donors (Lipinski definition) is 1. The fourth-order valence-corrected chi connectivity index (χ4v) is 2.49. The van der Waals surface area contributed by atoms with Gasteiger partial charge in [-0.2, -0.15) is 5.10 Å². The van der Waals surface area contributed by atoms with Gasteiger partial charge in [0.05, 0.1) is 17.5 Å². The molecule has 0 saturated carbocycles. The van der Waals surface area contributed by atoms with E-state index >= 15 is 0 Å². The highest BCUT2D eigenvalue weighted by Crippen LogP contribution is 2.14. The summed E-state index contributed by atoms with van der Waals surface area (Å²) in [6, 6.07) is 6.96. The van der Waals surface area contributed by atoms with E-state index in [2.05, 4.69) is 5.10 Å². The quantitative estimate of drug-likeness (QED) is 0.850. The first-order valence-electron chi connectivity index (χ1n) is 7.38. The SMILES string of the molecule is CCCN(CC(=O)O)C(=O)Cc1nn(C)c(=O)c2ccccc12. The second-order valence-corrected chi connectivity index (χ2v) is 5.31. The third-order valence-corrected chi connectivity index (χ3v) is 3.52. The fraction of sp³-hybridized carbons (Fsp3) is 0.375. The van der Waals surface area contributed by atoms with Crippen LogP contribution in [0.15, 0.2) is 29.1 Å². The van der Waals surface area contributed by atoms with Crippen LogP contribution in [0.2, 0.25) is 0 Å². The molecule has 0 spiro atoms. The minimum Gasteiger partial charge on any atom is -0.480 e. The molecule has 23 heavy (non-hydrogen) atoms. The zero-order valence-electron chi connectivity index (χ0n) is 13.2. The summed E-state index contributed by atoms with van der Waals surface area (Å²) >= 11 is 0. The van der Waals surface area contributed by atoms with E-state index in [1.165, 1.54) is 16.6 Å². The summed E-state index contributed by atoms with van der Waals surface area (Å²) < 4.78 is 1.20. The van der Waals surface area contributed by atoms with Crippen LogP contribution in [0.1, 0.15) is 19.0 Å². The highest BCUT2D eigenvalue weighted by atomic mass is 16.4. The molecule has 7 heteroatoms. The van der Waals surface area contributed by atoms with E-state index in [1.807, 2.05) is 6.92 Å². The fourth-order valence-electron chi connectivity index (χ4n) is 2.49. The molecule has 0 aliphatic rings. The minimum atomic E-state index is -1.05. The summed E-state index contributed by atoms with van der Waals surface area (Å²) in [6.07, 6.45) is 0.627. The number of benzene rings is 1. The molecule has 0 atom stereocenters. The smallest absolute Gasteiger partial charge is 0.323 e. The third-order valence-electron chi connectivity index (χ3n) is 3.52. The van der Waals surface area contributed by atoms with Crippen molar-refractivity contribution in [2.24, 2.45) is 7.05 Å². The second-order valence-electron chi connectivity index (χ2n) is 5.31. The van der Waals surface area contributed by atoms with Crippen LogP contribution in [0.4, 0.5) is 0 Å². The Labute approximate surface area is 133 Å². The standard InChI is InChI=1S/C16H19N3O4/c1-3-8-19(10-15(21)22)14(20)9-13-11-6-4-5-7-12(11)16(23)18(2)17-13/h4-7H,3,8-10H2,1-2H3,(H,21,22). The van der Waals surface area contributed by atoms with Crippen LogP contribution in [0.5, 0.6) is 0 Å². The Kier molecular flexibility index (Phi) is 5.10. The average molecular weight is 317 g/mol.